The molecule has 3 rings (SSSR count). The van der Waals surface area contributed by atoms with Gasteiger partial charge in [-0.1, -0.05) is 19.1 Å². The Morgan fingerprint density at radius 2 is 2.14 bits per heavy atom. The van der Waals surface area contributed by atoms with Crippen molar-refractivity contribution in [3.63, 3.8) is 0 Å². The van der Waals surface area contributed by atoms with Crippen LogP contribution in [0.15, 0.2) is 12.1 Å². The molecular formula is C19H26O3. The lowest BCUT2D eigenvalue weighted by Gasteiger charge is -2.28. The van der Waals surface area contributed by atoms with Crippen LogP contribution in [0.1, 0.15) is 54.9 Å². The van der Waals surface area contributed by atoms with Crippen LogP contribution in [0.2, 0.25) is 0 Å². The highest BCUT2D eigenvalue weighted by Gasteiger charge is 2.27. The number of carbonyl (C=O) groups excluding carboxylic acids is 1. The maximum Gasteiger partial charge on any atom is 0.308 e. The number of rotatable bonds is 3. The third kappa shape index (κ3) is 3.35. The maximum absolute atomic E-state index is 11.4. The zero-order chi connectivity index (χ0) is 15.7. The molecule has 3 atom stereocenters. The lowest BCUT2D eigenvalue weighted by Crippen LogP contribution is -2.33. The highest BCUT2D eigenvalue weighted by atomic mass is 16.5. The number of cyclic esters (lactones) is 1. The van der Waals surface area contributed by atoms with Gasteiger partial charge < -0.3 is 9.84 Å². The second-order valence-electron chi connectivity index (χ2n) is 7.09. The van der Waals surface area contributed by atoms with E-state index in [2.05, 4.69) is 26.0 Å². The van der Waals surface area contributed by atoms with Crippen LogP contribution in [0.25, 0.3) is 0 Å². The number of hydrogen-bond donors (Lipinski definition) is 1. The Labute approximate surface area is 132 Å². The molecule has 2 aliphatic rings. The van der Waals surface area contributed by atoms with Crippen molar-refractivity contribution < 1.29 is 14.6 Å². The van der Waals surface area contributed by atoms with Gasteiger partial charge in [-0.3, -0.25) is 4.79 Å². The minimum Gasteiger partial charge on any atom is -0.462 e. The molecule has 1 aromatic rings. The Bertz CT molecular complexity index is 564. The van der Waals surface area contributed by atoms with Gasteiger partial charge in [-0.25, -0.2) is 0 Å². The molecule has 0 spiro atoms. The summed E-state index contributed by atoms with van der Waals surface area (Å²) in [6, 6.07) is 4.52. The number of esters is 1. The van der Waals surface area contributed by atoms with Crippen LogP contribution in [0, 0.1) is 12.8 Å². The van der Waals surface area contributed by atoms with Crippen molar-refractivity contribution in [2.24, 2.45) is 5.92 Å². The number of hydrogen-bond acceptors (Lipinski definition) is 3. The lowest BCUT2D eigenvalue weighted by molar-refractivity contribution is -0.160. The molecule has 1 aromatic carbocycles. The summed E-state index contributed by atoms with van der Waals surface area (Å²) in [4.78, 5) is 11.4. The molecule has 0 aromatic heterocycles. The Morgan fingerprint density at radius 3 is 2.91 bits per heavy atom. The molecule has 0 saturated carbocycles. The molecule has 1 N–H and O–H groups in total. The first kappa shape index (κ1) is 15.5. The largest absolute Gasteiger partial charge is 0.462 e. The first-order valence-corrected chi connectivity index (χ1v) is 8.50. The number of aliphatic hydroxyl groups excluding tert-OH is 1. The topological polar surface area (TPSA) is 46.5 Å². The average molecular weight is 302 g/mol. The third-order valence-electron chi connectivity index (χ3n) is 5.17. The number of aryl methyl sites for hydroxylation is 1. The molecule has 1 heterocycles. The molecule has 0 unspecified atom stereocenters. The van der Waals surface area contributed by atoms with Crippen LogP contribution in [0.3, 0.4) is 0 Å². The number of fused-ring (bicyclic) bond motifs is 1. The Balaban J connectivity index is 1.72. The van der Waals surface area contributed by atoms with Gasteiger partial charge in [0.05, 0.1) is 12.5 Å². The van der Waals surface area contributed by atoms with Gasteiger partial charge in [0.2, 0.25) is 0 Å². The van der Waals surface area contributed by atoms with E-state index in [0.29, 0.717) is 6.42 Å². The van der Waals surface area contributed by atoms with Crippen molar-refractivity contribution in [1.29, 1.82) is 0 Å². The van der Waals surface area contributed by atoms with E-state index in [1.807, 2.05) is 0 Å². The molecule has 0 bridgehead atoms. The van der Waals surface area contributed by atoms with Crippen LogP contribution in [-0.2, 0) is 28.8 Å². The number of carbonyl (C=O) groups is 1. The Kier molecular flexibility index (Phi) is 4.53. The fraction of sp³-hybridized carbons (Fsp3) is 0.632. The van der Waals surface area contributed by atoms with E-state index in [-0.39, 0.29) is 18.5 Å². The fourth-order valence-corrected chi connectivity index (χ4v) is 3.92. The van der Waals surface area contributed by atoms with E-state index in [4.69, 9.17) is 4.74 Å². The summed E-state index contributed by atoms with van der Waals surface area (Å²) in [5, 5.41) is 9.72. The van der Waals surface area contributed by atoms with Gasteiger partial charge in [0, 0.05) is 6.42 Å². The zero-order valence-corrected chi connectivity index (χ0v) is 13.6. The molecule has 3 nitrogen and oxygen atoms in total. The van der Waals surface area contributed by atoms with Crippen LogP contribution >= 0.6 is 0 Å². The van der Waals surface area contributed by atoms with Gasteiger partial charge in [0.25, 0.3) is 0 Å². The second-order valence-corrected chi connectivity index (χ2v) is 7.09. The molecule has 120 valence electrons. The first-order valence-electron chi connectivity index (χ1n) is 8.50. The van der Waals surface area contributed by atoms with Crippen LogP contribution in [-0.4, -0.2) is 23.3 Å². The molecule has 0 radical (unpaired) electrons. The molecule has 3 heteroatoms. The molecule has 1 fully saturated rings. The van der Waals surface area contributed by atoms with Crippen molar-refractivity contribution in [3.8, 4) is 0 Å². The van der Waals surface area contributed by atoms with Gasteiger partial charge in [0.1, 0.15) is 6.10 Å². The minimum absolute atomic E-state index is 0.131. The van der Waals surface area contributed by atoms with E-state index in [0.717, 1.165) is 18.8 Å². The Morgan fingerprint density at radius 1 is 1.32 bits per heavy atom. The van der Waals surface area contributed by atoms with Gasteiger partial charge in [-0.15, -0.1) is 0 Å². The van der Waals surface area contributed by atoms with Gasteiger partial charge in [-0.05, 0) is 67.2 Å². The van der Waals surface area contributed by atoms with Gasteiger partial charge >= 0.3 is 5.97 Å². The monoisotopic (exact) mass is 302 g/mol. The van der Waals surface area contributed by atoms with E-state index in [1.54, 1.807) is 0 Å². The third-order valence-corrected chi connectivity index (χ3v) is 5.17. The smallest absolute Gasteiger partial charge is 0.308 e. The Hall–Kier alpha value is -1.35. The van der Waals surface area contributed by atoms with E-state index < -0.39 is 6.10 Å². The van der Waals surface area contributed by atoms with Crippen LogP contribution < -0.4 is 0 Å². The zero-order valence-electron chi connectivity index (χ0n) is 13.6. The quantitative estimate of drug-likeness (QED) is 0.873. The molecule has 1 aliphatic heterocycles. The highest BCUT2D eigenvalue weighted by molar-refractivity contribution is 5.70. The minimum atomic E-state index is -0.530. The highest BCUT2D eigenvalue weighted by Crippen LogP contribution is 2.31. The van der Waals surface area contributed by atoms with Crippen LogP contribution in [0.4, 0.5) is 0 Å². The van der Waals surface area contributed by atoms with E-state index in [1.165, 1.54) is 41.5 Å². The fourth-order valence-electron chi connectivity index (χ4n) is 3.92. The van der Waals surface area contributed by atoms with E-state index in [9.17, 15) is 9.90 Å². The van der Waals surface area contributed by atoms with Crippen molar-refractivity contribution in [3.05, 3.63) is 34.4 Å². The predicted octanol–water partition coefficient (Wildman–Crippen LogP) is 3.12. The second kappa shape index (κ2) is 6.41. The summed E-state index contributed by atoms with van der Waals surface area (Å²) in [5.74, 6) is 0.516. The lowest BCUT2D eigenvalue weighted by atomic mass is 9.80. The SMILES string of the molecule is Cc1ccc2c(c1CC[C@H]1C[C@@H](O)CC(=O)O1)CC[C@@H](C)C2. The first-order chi connectivity index (χ1) is 10.5. The predicted molar refractivity (Wildman–Crippen MR) is 85.8 cm³/mol. The molecule has 1 aliphatic carbocycles. The van der Waals surface area contributed by atoms with Crippen molar-refractivity contribution in [1.82, 2.24) is 0 Å². The number of aliphatic hydroxyl groups is 1. The van der Waals surface area contributed by atoms with Crippen molar-refractivity contribution >= 4 is 5.97 Å². The molecule has 1 saturated heterocycles. The van der Waals surface area contributed by atoms with Crippen LogP contribution in [0.5, 0.6) is 0 Å². The summed E-state index contributed by atoms with van der Waals surface area (Å²) in [6.07, 6.45) is 5.43. The summed E-state index contributed by atoms with van der Waals surface area (Å²) in [7, 11) is 0. The van der Waals surface area contributed by atoms with Gasteiger partial charge in [0.15, 0.2) is 0 Å². The summed E-state index contributed by atoms with van der Waals surface area (Å²) < 4.78 is 5.38. The van der Waals surface area contributed by atoms with Crippen molar-refractivity contribution in [2.45, 2.75) is 71.0 Å². The van der Waals surface area contributed by atoms with Gasteiger partial charge in [-0.2, -0.15) is 0 Å². The van der Waals surface area contributed by atoms with E-state index >= 15 is 0 Å². The molecule has 22 heavy (non-hydrogen) atoms. The average Bonchev–Trinajstić information content (AvgIpc) is 2.45. The maximum atomic E-state index is 11.4. The summed E-state index contributed by atoms with van der Waals surface area (Å²) in [5.41, 5.74) is 5.82. The standard InChI is InChI=1S/C19H26O3/c1-12-3-7-18-14(9-12)5-4-13(2)17(18)8-6-16-10-15(20)11-19(21)22-16/h4-5,12,15-16,20H,3,6-11H2,1-2H3/t12-,15-,16+/m1/s1. The summed E-state index contributed by atoms with van der Waals surface area (Å²) in [6.45, 7) is 4.50. The summed E-state index contributed by atoms with van der Waals surface area (Å²) >= 11 is 0. The number of benzene rings is 1. The molecule has 0 amide bonds. The van der Waals surface area contributed by atoms with Crippen molar-refractivity contribution in [2.75, 3.05) is 0 Å². The normalized spacial score (nSPS) is 28.1. The number of ether oxygens (including phenoxy) is 1. The molecular weight excluding hydrogens is 276 g/mol.